The Kier molecular flexibility index (Phi) is 6.62. The highest BCUT2D eigenvalue weighted by molar-refractivity contribution is 5.86. The molecule has 1 aliphatic rings. The molecule has 4 rings (SSSR count). The summed E-state index contributed by atoms with van der Waals surface area (Å²) in [5.74, 6) is -1.22. The molecule has 0 spiro atoms. The predicted octanol–water partition coefficient (Wildman–Crippen LogP) is 3.92. The summed E-state index contributed by atoms with van der Waals surface area (Å²) in [6, 6.07) is 9.49. The number of hydrogen-bond donors (Lipinski definition) is 0. The molecule has 0 saturated carbocycles. The molecular weight excluding hydrogens is 438 g/mol. The number of halogens is 2. The molecule has 3 heterocycles. The molecule has 0 radical (unpaired) electrons. The number of pyridine rings is 1. The fourth-order valence-electron chi connectivity index (χ4n) is 4.96. The van der Waals surface area contributed by atoms with E-state index in [9.17, 15) is 18.8 Å². The molecule has 0 bridgehead atoms. The molecule has 0 N–H and O–H groups in total. The third kappa shape index (κ3) is 4.14. The van der Waals surface area contributed by atoms with Crippen molar-refractivity contribution in [1.82, 2.24) is 19.4 Å². The summed E-state index contributed by atoms with van der Waals surface area (Å²) in [4.78, 5) is 25.9. The fourth-order valence-corrected chi connectivity index (χ4v) is 4.96. The third-order valence-corrected chi connectivity index (χ3v) is 6.79. The fraction of sp³-hybridized carbons (Fsp3) is 0.440. The van der Waals surface area contributed by atoms with E-state index in [-0.39, 0.29) is 29.5 Å². The Bertz CT molecular complexity index is 1320. The molecule has 0 aliphatic carbocycles. The van der Waals surface area contributed by atoms with Crippen LogP contribution in [0.15, 0.2) is 35.1 Å². The smallest absolute Gasteiger partial charge is 0.349 e. The van der Waals surface area contributed by atoms with Crippen molar-refractivity contribution in [2.45, 2.75) is 51.7 Å². The van der Waals surface area contributed by atoms with Gasteiger partial charge in [0.2, 0.25) is 0 Å². The number of piperazine rings is 1. The summed E-state index contributed by atoms with van der Waals surface area (Å²) >= 11 is 0. The van der Waals surface area contributed by atoms with Gasteiger partial charge in [0.15, 0.2) is 17.5 Å². The zero-order valence-corrected chi connectivity index (χ0v) is 19.8. The minimum atomic E-state index is -0.850. The number of hydrogen-bond acceptors (Lipinski definition) is 6. The zero-order valence-electron chi connectivity index (χ0n) is 19.8. The van der Waals surface area contributed by atoms with Gasteiger partial charge >= 0.3 is 5.69 Å². The number of anilines is 1. The van der Waals surface area contributed by atoms with Gasteiger partial charge in [-0.15, -0.1) is 0 Å². The van der Waals surface area contributed by atoms with Crippen molar-refractivity contribution in [1.29, 1.82) is 5.26 Å². The quantitative estimate of drug-likeness (QED) is 0.567. The number of aromatic nitrogens is 3. The maximum atomic E-state index is 14.0. The Morgan fingerprint density at radius 3 is 2.56 bits per heavy atom. The first-order valence-corrected chi connectivity index (χ1v) is 11.5. The second-order valence-electron chi connectivity index (χ2n) is 8.81. The van der Waals surface area contributed by atoms with Crippen LogP contribution >= 0.6 is 0 Å². The first kappa shape index (κ1) is 23.8. The van der Waals surface area contributed by atoms with E-state index in [0.29, 0.717) is 29.9 Å². The molecule has 9 heteroatoms. The van der Waals surface area contributed by atoms with Gasteiger partial charge in [0.05, 0.1) is 5.52 Å². The Balaban J connectivity index is 1.74. The van der Waals surface area contributed by atoms with E-state index in [1.165, 1.54) is 16.7 Å². The number of nitriles is 1. The van der Waals surface area contributed by atoms with Crippen molar-refractivity contribution in [2.24, 2.45) is 7.05 Å². The minimum Gasteiger partial charge on any atom is -0.349 e. The molecule has 2 aromatic heterocycles. The van der Waals surface area contributed by atoms with Gasteiger partial charge in [0.25, 0.3) is 0 Å². The van der Waals surface area contributed by atoms with Crippen LogP contribution in [-0.4, -0.2) is 44.6 Å². The van der Waals surface area contributed by atoms with E-state index in [2.05, 4.69) is 39.7 Å². The van der Waals surface area contributed by atoms with E-state index in [0.717, 1.165) is 18.4 Å². The number of aryl methyl sites for hydroxylation is 1. The maximum absolute atomic E-state index is 14.0. The first-order chi connectivity index (χ1) is 16.3. The van der Waals surface area contributed by atoms with E-state index in [4.69, 9.17) is 0 Å². The van der Waals surface area contributed by atoms with Gasteiger partial charge in [0.1, 0.15) is 17.3 Å². The number of benzene rings is 1. The number of nitrogens with zero attached hydrogens (tertiary/aromatic N) is 6. The van der Waals surface area contributed by atoms with Crippen LogP contribution in [0, 0.1) is 23.0 Å². The van der Waals surface area contributed by atoms with Crippen molar-refractivity contribution >= 4 is 16.9 Å². The summed E-state index contributed by atoms with van der Waals surface area (Å²) in [6.45, 7) is 7.41. The van der Waals surface area contributed by atoms with Crippen molar-refractivity contribution in [2.75, 3.05) is 18.0 Å². The van der Waals surface area contributed by atoms with Crippen LogP contribution in [0.2, 0.25) is 0 Å². The molecule has 34 heavy (non-hydrogen) atoms. The summed E-state index contributed by atoms with van der Waals surface area (Å²) < 4.78 is 29.0. The monoisotopic (exact) mass is 466 g/mol. The van der Waals surface area contributed by atoms with Crippen molar-refractivity contribution in [3.63, 3.8) is 0 Å². The molecule has 2 unspecified atom stereocenters. The topological polar surface area (TPSA) is 78.0 Å². The zero-order chi connectivity index (χ0) is 24.6. The van der Waals surface area contributed by atoms with E-state index >= 15 is 0 Å². The van der Waals surface area contributed by atoms with Crippen LogP contribution in [0.5, 0.6) is 0 Å². The Morgan fingerprint density at radius 2 is 1.91 bits per heavy atom. The van der Waals surface area contributed by atoms with Crippen LogP contribution in [0.3, 0.4) is 0 Å². The van der Waals surface area contributed by atoms with Gasteiger partial charge in [0, 0.05) is 38.3 Å². The lowest BCUT2D eigenvalue weighted by atomic mass is 9.96. The van der Waals surface area contributed by atoms with E-state index in [1.54, 1.807) is 25.2 Å². The average molecular weight is 467 g/mol. The normalized spacial score (nSPS) is 19.9. The highest BCUT2D eigenvalue weighted by Crippen LogP contribution is 2.34. The number of fused-ring (bicyclic) bond motifs is 1. The Morgan fingerprint density at radius 1 is 1.15 bits per heavy atom. The third-order valence-electron chi connectivity index (χ3n) is 6.79. The van der Waals surface area contributed by atoms with Crippen LogP contribution in [-0.2, 0) is 7.05 Å². The number of rotatable bonds is 5. The van der Waals surface area contributed by atoms with Gasteiger partial charge in [-0.2, -0.15) is 10.2 Å². The van der Waals surface area contributed by atoms with Crippen molar-refractivity contribution < 1.29 is 8.78 Å². The Hall–Kier alpha value is -3.38. The molecule has 1 fully saturated rings. The molecule has 178 valence electrons. The lowest BCUT2D eigenvalue weighted by Crippen LogP contribution is -2.58. The Labute approximate surface area is 197 Å². The standard InChI is InChI=1S/C25H28F2N6O/c1-5-18-14-32(24-23-22(31(4)25(34)30-24)10-8-17(12-28)29-23)15(3)13-33(18)21(6-2)16-7-9-19(26)20(27)11-16/h7-11,15,18,21H,5-6,13-14H2,1-4H3/t15?,18-,21?/m1/s1. The average Bonchev–Trinajstić information content (AvgIpc) is 2.84. The second kappa shape index (κ2) is 9.47. The SMILES string of the molecule is CCC(c1ccc(F)c(F)c1)N1CC(C)N(c2nc(=O)n(C)c3ccc(C#N)nc23)C[C@H]1CC. The molecule has 3 aromatic rings. The van der Waals surface area contributed by atoms with Gasteiger partial charge in [-0.3, -0.25) is 9.47 Å². The molecule has 7 nitrogen and oxygen atoms in total. The van der Waals surface area contributed by atoms with Gasteiger partial charge in [-0.05, 0) is 49.6 Å². The van der Waals surface area contributed by atoms with Gasteiger partial charge < -0.3 is 4.90 Å². The first-order valence-electron chi connectivity index (χ1n) is 11.5. The molecule has 1 aliphatic heterocycles. The van der Waals surface area contributed by atoms with E-state index in [1.807, 2.05) is 6.92 Å². The highest BCUT2D eigenvalue weighted by atomic mass is 19.2. The lowest BCUT2D eigenvalue weighted by molar-refractivity contribution is 0.0937. The summed E-state index contributed by atoms with van der Waals surface area (Å²) in [7, 11) is 1.64. The molecule has 0 amide bonds. The molecule has 1 aromatic carbocycles. The predicted molar refractivity (Wildman–Crippen MR) is 126 cm³/mol. The van der Waals surface area contributed by atoms with Gasteiger partial charge in [-0.1, -0.05) is 19.9 Å². The van der Waals surface area contributed by atoms with Crippen LogP contribution in [0.4, 0.5) is 14.6 Å². The molecular formula is C25H28F2N6O. The summed E-state index contributed by atoms with van der Waals surface area (Å²) in [6.07, 6.45) is 1.57. The molecule has 3 atom stereocenters. The lowest BCUT2D eigenvalue weighted by Gasteiger charge is -2.49. The summed E-state index contributed by atoms with van der Waals surface area (Å²) in [5, 5.41) is 9.35. The largest absolute Gasteiger partial charge is 0.349 e. The summed E-state index contributed by atoms with van der Waals surface area (Å²) in [5.41, 5.74) is 1.76. The molecule has 1 saturated heterocycles. The second-order valence-corrected chi connectivity index (χ2v) is 8.81. The minimum absolute atomic E-state index is 0.0301. The van der Waals surface area contributed by atoms with Crippen LogP contribution < -0.4 is 10.6 Å². The highest BCUT2D eigenvalue weighted by Gasteiger charge is 2.36. The van der Waals surface area contributed by atoms with Crippen LogP contribution in [0.25, 0.3) is 11.0 Å². The van der Waals surface area contributed by atoms with Crippen molar-refractivity contribution in [3.05, 3.63) is 63.7 Å². The van der Waals surface area contributed by atoms with Gasteiger partial charge in [-0.25, -0.2) is 18.6 Å². The van der Waals surface area contributed by atoms with Crippen LogP contribution in [0.1, 0.15) is 50.9 Å². The van der Waals surface area contributed by atoms with E-state index < -0.39 is 11.6 Å². The maximum Gasteiger partial charge on any atom is 0.349 e. The van der Waals surface area contributed by atoms with Crippen molar-refractivity contribution in [3.8, 4) is 6.07 Å².